The molecular formula is C61H96O6. The molecule has 1 atom stereocenters. The molecule has 0 N–H and O–H groups in total. The molecule has 0 aromatic heterocycles. The van der Waals surface area contributed by atoms with Crippen molar-refractivity contribution in [1.82, 2.24) is 0 Å². The van der Waals surface area contributed by atoms with Crippen LogP contribution in [0.25, 0.3) is 0 Å². The van der Waals surface area contributed by atoms with E-state index >= 15 is 0 Å². The van der Waals surface area contributed by atoms with E-state index in [1.165, 1.54) is 25.7 Å². The predicted molar refractivity (Wildman–Crippen MR) is 288 cm³/mol. The summed E-state index contributed by atoms with van der Waals surface area (Å²) in [4.78, 5) is 37.9. The van der Waals surface area contributed by atoms with Crippen molar-refractivity contribution in [2.45, 2.75) is 219 Å². The van der Waals surface area contributed by atoms with Crippen molar-refractivity contribution in [1.29, 1.82) is 0 Å². The monoisotopic (exact) mass is 925 g/mol. The first-order valence-corrected chi connectivity index (χ1v) is 26.7. The summed E-state index contributed by atoms with van der Waals surface area (Å²) in [6.07, 6.45) is 75.9. The van der Waals surface area contributed by atoms with Crippen LogP contribution < -0.4 is 0 Å². The average molecular weight is 925 g/mol. The number of carbonyl (C=O) groups is 3. The van der Waals surface area contributed by atoms with Crippen molar-refractivity contribution < 1.29 is 28.6 Å². The smallest absolute Gasteiger partial charge is 0.306 e. The second-order valence-corrected chi connectivity index (χ2v) is 17.0. The molecule has 6 heteroatoms. The molecule has 0 rings (SSSR count). The maximum Gasteiger partial charge on any atom is 0.306 e. The number of hydrogen-bond acceptors (Lipinski definition) is 6. The number of rotatable bonds is 46. The van der Waals surface area contributed by atoms with Gasteiger partial charge in [0.25, 0.3) is 0 Å². The maximum absolute atomic E-state index is 12.8. The van der Waals surface area contributed by atoms with Crippen molar-refractivity contribution in [2.75, 3.05) is 13.2 Å². The van der Waals surface area contributed by atoms with E-state index in [4.69, 9.17) is 14.2 Å². The minimum absolute atomic E-state index is 0.104. The molecule has 0 bridgehead atoms. The van der Waals surface area contributed by atoms with Gasteiger partial charge in [0, 0.05) is 19.3 Å². The van der Waals surface area contributed by atoms with Crippen molar-refractivity contribution >= 4 is 17.9 Å². The van der Waals surface area contributed by atoms with Crippen LogP contribution in [-0.4, -0.2) is 37.2 Å². The Balaban J connectivity index is 4.38. The molecular weight excluding hydrogens is 829 g/mol. The first kappa shape index (κ1) is 62.5. The van der Waals surface area contributed by atoms with E-state index < -0.39 is 6.10 Å². The first-order valence-electron chi connectivity index (χ1n) is 26.7. The molecule has 6 nitrogen and oxygen atoms in total. The van der Waals surface area contributed by atoms with Crippen molar-refractivity contribution in [3.63, 3.8) is 0 Å². The summed E-state index contributed by atoms with van der Waals surface area (Å²) in [5.74, 6) is -0.978. The Morgan fingerprint density at radius 2 is 0.582 bits per heavy atom. The topological polar surface area (TPSA) is 78.9 Å². The van der Waals surface area contributed by atoms with Crippen LogP contribution in [-0.2, 0) is 28.6 Å². The lowest BCUT2D eigenvalue weighted by Crippen LogP contribution is -2.30. The summed E-state index contributed by atoms with van der Waals surface area (Å²) in [5.41, 5.74) is 0. The molecule has 0 aliphatic heterocycles. The van der Waals surface area contributed by atoms with E-state index in [0.29, 0.717) is 19.3 Å². The summed E-state index contributed by atoms with van der Waals surface area (Å²) >= 11 is 0. The third-order valence-electron chi connectivity index (χ3n) is 10.7. The third-order valence-corrected chi connectivity index (χ3v) is 10.7. The molecule has 0 aliphatic carbocycles. The first-order chi connectivity index (χ1) is 33.0. The van der Waals surface area contributed by atoms with Gasteiger partial charge in [0.15, 0.2) is 6.10 Å². The number of unbranched alkanes of at least 4 members (excludes halogenated alkanes) is 13. The van der Waals surface area contributed by atoms with Gasteiger partial charge in [-0.25, -0.2) is 0 Å². The molecule has 0 aromatic carbocycles. The molecule has 0 amide bonds. The minimum Gasteiger partial charge on any atom is -0.462 e. The fraction of sp³-hybridized carbons (Fsp3) is 0.590. The number of hydrogen-bond donors (Lipinski definition) is 0. The maximum atomic E-state index is 12.8. The van der Waals surface area contributed by atoms with Crippen LogP contribution in [0.1, 0.15) is 213 Å². The number of ether oxygens (including phenoxy) is 3. The lowest BCUT2D eigenvalue weighted by molar-refractivity contribution is -0.167. The Morgan fingerprint density at radius 1 is 0.313 bits per heavy atom. The Hall–Kier alpha value is -4.45. The van der Waals surface area contributed by atoms with Crippen molar-refractivity contribution in [3.05, 3.63) is 134 Å². The molecule has 1 unspecified atom stereocenters. The standard InChI is InChI=1S/C61H96O6/c1-4-7-10-13-16-18-20-22-24-26-28-29-30-31-33-34-36-38-40-42-45-48-51-54-60(63)66-57-58(56-65-59(62)53-50-47-44-15-12-9-6-3)67-61(64)55-52-49-46-43-41-39-37-35-32-27-25-23-21-19-17-14-11-8-5-2/h7-8,10-11,16-19,22-25,28-29,31-33,35-36,38-39,41,58H,4-6,9,12-15,20-21,26-27,30,34,37,40,42-57H2,1-3H3/b10-7-,11-8-,18-16-,19-17-,24-22-,25-23-,29-28-,33-31-,35-32-,38-36-,41-39-. The Morgan fingerprint density at radius 3 is 0.925 bits per heavy atom. The van der Waals surface area contributed by atoms with E-state index in [1.807, 2.05) is 0 Å². The highest BCUT2D eigenvalue weighted by Crippen LogP contribution is 2.12. The van der Waals surface area contributed by atoms with Crippen LogP contribution in [0.4, 0.5) is 0 Å². The molecule has 0 radical (unpaired) electrons. The number of esters is 3. The fourth-order valence-electron chi connectivity index (χ4n) is 6.71. The SMILES string of the molecule is CC/C=C\C/C=C\C/C=C\C/C=C\C/C=C\C/C=C\CCCCCCC(=O)OCC(COC(=O)CCCCCCCCC)OC(=O)CCCCC/C=C\C/C=C\C/C=C\C/C=C\C/C=C\CC. The van der Waals surface area contributed by atoms with Crippen molar-refractivity contribution in [2.24, 2.45) is 0 Å². The van der Waals surface area contributed by atoms with Crippen LogP contribution in [0.3, 0.4) is 0 Å². The molecule has 376 valence electrons. The summed E-state index contributed by atoms with van der Waals surface area (Å²) in [5, 5.41) is 0. The molecule has 0 saturated carbocycles. The van der Waals surface area contributed by atoms with Gasteiger partial charge < -0.3 is 14.2 Å². The zero-order chi connectivity index (χ0) is 48.6. The van der Waals surface area contributed by atoms with E-state index in [-0.39, 0.29) is 37.5 Å². The van der Waals surface area contributed by atoms with E-state index in [0.717, 1.165) is 141 Å². The highest BCUT2D eigenvalue weighted by molar-refractivity contribution is 5.71. The van der Waals surface area contributed by atoms with Gasteiger partial charge in [0.2, 0.25) is 0 Å². The third kappa shape index (κ3) is 52.4. The summed E-state index contributed by atoms with van der Waals surface area (Å²) in [7, 11) is 0. The van der Waals surface area contributed by atoms with Crippen LogP contribution in [0.2, 0.25) is 0 Å². The Bertz CT molecular complexity index is 1480. The van der Waals surface area contributed by atoms with Crippen LogP contribution >= 0.6 is 0 Å². The van der Waals surface area contributed by atoms with Gasteiger partial charge >= 0.3 is 17.9 Å². The fourth-order valence-corrected chi connectivity index (χ4v) is 6.71. The minimum atomic E-state index is -0.808. The lowest BCUT2D eigenvalue weighted by Gasteiger charge is -2.18. The normalized spacial score (nSPS) is 13.2. The van der Waals surface area contributed by atoms with E-state index in [1.54, 1.807) is 0 Å². The second-order valence-electron chi connectivity index (χ2n) is 17.0. The number of carbonyl (C=O) groups excluding carboxylic acids is 3. The zero-order valence-electron chi connectivity index (χ0n) is 42.9. The van der Waals surface area contributed by atoms with Gasteiger partial charge in [-0.3, -0.25) is 14.4 Å². The Labute approximate surface area is 411 Å². The highest BCUT2D eigenvalue weighted by Gasteiger charge is 2.19. The van der Waals surface area contributed by atoms with Gasteiger partial charge in [-0.15, -0.1) is 0 Å². The van der Waals surface area contributed by atoms with Gasteiger partial charge in [-0.1, -0.05) is 212 Å². The van der Waals surface area contributed by atoms with Crippen LogP contribution in [0.15, 0.2) is 134 Å². The van der Waals surface area contributed by atoms with Gasteiger partial charge in [0.05, 0.1) is 0 Å². The molecule has 0 spiro atoms. The van der Waals surface area contributed by atoms with Crippen LogP contribution in [0.5, 0.6) is 0 Å². The average Bonchev–Trinajstić information content (AvgIpc) is 3.33. The predicted octanol–water partition coefficient (Wildman–Crippen LogP) is 17.9. The largest absolute Gasteiger partial charge is 0.462 e. The molecule has 0 aromatic rings. The van der Waals surface area contributed by atoms with E-state index in [2.05, 4.69) is 154 Å². The van der Waals surface area contributed by atoms with E-state index in [9.17, 15) is 14.4 Å². The molecule has 0 heterocycles. The molecule has 0 saturated heterocycles. The van der Waals surface area contributed by atoms with Gasteiger partial charge in [0.1, 0.15) is 13.2 Å². The Kier molecular flexibility index (Phi) is 50.6. The molecule has 67 heavy (non-hydrogen) atoms. The van der Waals surface area contributed by atoms with Crippen molar-refractivity contribution in [3.8, 4) is 0 Å². The second kappa shape index (κ2) is 54.2. The summed E-state index contributed by atoms with van der Waals surface area (Å²) in [6, 6.07) is 0. The quantitative estimate of drug-likeness (QED) is 0.0262. The van der Waals surface area contributed by atoms with Gasteiger partial charge in [-0.2, -0.15) is 0 Å². The summed E-state index contributed by atoms with van der Waals surface area (Å²) in [6.45, 7) is 6.30. The molecule has 0 fully saturated rings. The zero-order valence-corrected chi connectivity index (χ0v) is 42.9. The molecule has 0 aliphatic rings. The highest BCUT2D eigenvalue weighted by atomic mass is 16.6. The van der Waals surface area contributed by atoms with Gasteiger partial charge in [-0.05, 0) is 116 Å². The van der Waals surface area contributed by atoms with Crippen LogP contribution in [0, 0.1) is 0 Å². The summed E-state index contributed by atoms with van der Waals surface area (Å²) < 4.78 is 16.7. The lowest BCUT2D eigenvalue weighted by atomic mass is 10.1. The number of allylic oxidation sites excluding steroid dienone is 22.